The van der Waals surface area contributed by atoms with Crippen molar-refractivity contribution in [2.24, 2.45) is 0 Å². The predicted octanol–water partition coefficient (Wildman–Crippen LogP) is 3.07. The van der Waals surface area contributed by atoms with E-state index < -0.39 is 11.7 Å². The number of hydrogen-bond donors (Lipinski definition) is 0. The zero-order chi connectivity index (χ0) is 11.8. The molecule has 1 aromatic carbocycles. The number of aromatic nitrogens is 1. The van der Waals surface area contributed by atoms with Gasteiger partial charge in [0.05, 0.1) is 11.1 Å². The highest BCUT2D eigenvalue weighted by molar-refractivity contribution is 5.83. The number of pyridine rings is 1. The normalized spacial score (nSPS) is 11.7. The van der Waals surface area contributed by atoms with E-state index in [0.29, 0.717) is 11.7 Å². The number of alkyl halides is 3. The van der Waals surface area contributed by atoms with Crippen LogP contribution < -0.4 is 0 Å². The Hall–Kier alpha value is -1.91. The molecule has 0 aliphatic carbocycles. The molecule has 0 atom stereocenters. The van der Waals surface area contributed by atoms with Crippen molar-refractivity contribution < 1.29 is 18.0 Å². The van der Waals surface area contributed by atoms with E-state index in [0.717, 1.165) is 12.1 Å². The van der Waals surface area contributed by atoms with Crippen molar-refractivity contribution in [2.45, 2.75) is 6.18 Å². The zero-order valence-corrected chi connectivity index (χ0v) is 7.95. The molecule has 0 aliphatic rings. The molecule has 5 heteroatoms. The van der Waals surface area contributed by atoms with Crippen molar-refractivity contribution >= 4 is 17.2 Å². The third kappa shape index (κ3) is 1.88. The van der Waals surface area contributed by atoms with E-state index in [2.05, 4.69) is 4.98 Å². The van der Waals surface area contributed by atoms with Gasteiger partial charge in [0.25, 0.3) is 0 Å². The second-order valence-corrected chi connectivity index (χ2v) is 3.26. The Balaban J connectivity index is 2.64. The third-order valence-corrected chi connectivity index (χ3v) is 2.16. The number of benzene rings is 1. The maximum atomic E-state index is 12.4. The Labute approximate surface area is 88.7 Å². The summed E-state index contributed by atoms with van der Waals surface area (Å²) in [6.07, 6.45) is -3.90. The minimum atomic E-state index is -4.40. The second kappa shape index (κ2) is 3.59. The van der Waals surface area contributed by atoms with E-state index in [1.807, 2.05) is 0 Å². The molecule has 2 nitrogen and oxygen atoms in total. The average molecular weight is 225 g/mol. The number of aldehydes is 1. The van der Waals surface area contributed by atoms with E-state index in [4.69, 9.17) is 0 Å². The molecule has 0 fully saturated rings. The summed E-state index contributed by atoms with van der Waals surface area (Å²) in [5.74, 6) is 0. The first-order valence-electron chi connectivity index (χ1n) is 4.44. The van der Waals surface area contributed by atoms with E-state index in [9.17, 15) is 18.0 Å². The Morgan fingerprint density at radius 2 is 1.81 bits per heavy atom. The summed E-state index contributed by atoms with van der Waals surface area (Å²) in [5, 5.41) is 0.568. The summed E-state index contributed by atoms with van der Waals surface area (Å²) in [7, 11) is 0. The molecule has 0 amide bonds. The Bertz CT molecular complexity index is 548. The van der Waals surface area contributed by atoms with E-state index in [-0.39, 0.29) is 11.2 Å². The molecule has 0 N–H and O–H groups in total. The van der Waals surface area contributed by atoms with Crippen molar-refractivity contribution in [3.8, 4) is 0 Å². The summed E-state index contributed by atoms with van der Waals surface area (Å²) < 4.78 is 37.2. The molecule has 0 unspecified atom stereocenters. The van der Waals surface area contributed by atoms with Crippen LogP contribution in [0.2, 0.25) is 0 Å². The first-order chi connectivity index (χ1) is 7.50. The van der Waals surface area contributed by atoms with Crippen LogP contribution in [0.15, 0.2) is 30.3 Å². The molecule has 1 aromatic heterocycles. The van der Waals surface area contributed by atoms with Gasteiger partial charge in [-0.15, -0.1) is 0 Å². The average Bonchev–Trinajstić information content (AvgIpc) is 2.26. The molecular weight excluding hydrogens is 219 g/mol. The minimum Gasteiger partial charge on any atom is -0.296 e. The summed E-state index contributed by atoms with van der Waals surface area (Å²) in [5.41, 5.74) is -0.484. The summed E-state index contributed by atoms with van der Waals surface area (Å²) in [6, 6.07) is 6.28. The number of fused-ring (bicyclic) bond motifs is 1. The molecular formula is C11H6F3NO. The number of nitrogens with zero attached hydrogens (tertiary/aromatic N) is 1. The Morgan fingerprint density at radius 3 is 2.44 bits per heavy atom. The lowest BCUT2D eigenvalue weighted by molar-refractivity contribution is -0.137. The molecule has 0 saturated carbocycles. The number of rotatable bonds is 1. The van der Waals surface area contributed by atoms with Crippen LogP contribution in [0.4, 0.5) is 13.2 Å². The van der Waals surface area contributed by atoms with Gasteiger partial charge in [-0.25, -0.2) is 4.98 Å². The fourth-order valence-electron chi connectivity index (χ4n) is 1.37. The van der Waals surface area contributed by atoms with Crippen LogP contribution in [-0.4, -0.2) is 11.3 Å². The smallest absolute Gasteiger partial charge is 0.296 e. The zero-order valence-electron chi connectivity index (χ0n) is 7.95. The van der Waals surface area contributed by atoms with E-state index in [1.54, 1.807) is 6.07 Å². The van der Waals surface area contributed by atoms with Crippen molar-refractivity contribution in [1.82, 2.24) is 4.98 Å². The predicted molar refractivity (Wildman–Crippen MR) is 52.1 cm³/mol. The molecule has 0 bridgehead atoms. The van der Waals surface area contributed by atoms with Crippen molar-refractivity contribution in [2.75, 3.05) is 0 Å². The van der Waals surface area contributed by atoms with Crippen LogP contribution in [0.25, 0.3) is 10.9 Å². The highest BCUT2D eigenvalue weighted by Gasteiger charge is 2.30. The van der Waals surface area contributed by atoms with Gasteiger partial charge in [-0.05, 0) is 18.2 Å². The van der Waals surface area contributed by atoms with Gasteiger partial charge in [0, 0.05) is 5.39 Å². The lowest BCUT2D eigenvalue weighted by atomic mass is 10.1. The molecule has 1 heterocycles. The largest absolute Gasteiger partial charge is 0.416 e. The van der Waals surface area contributed by atoms with Gasteiger partial charge in [-0.3, -0.25) is 4.79 Å². The number of carbonyl (C=O) groups is 1. The van der Waals surface area contributed by atoms with Gasteiger partial charge in [0.2, 0.25) is 0 Å². The van der Waals surface area contributed by atoms with Crippen LogP contribution in [0.1, 0.15) is 16.1 Å². The maximum absolute atomic E-state index is 12.4. The molecule has 16 heavy (non-hydrogen) atoms. The quantitative estimate of drug-likeness (QED) is 0.698. The topological polar surface area (TPSA) is 30.0 Å². The molecule has 82 valence electrons. The number of hydrogen-bond acceptors (Lipinski definition) is 2. The Morgan fingerprint density at radius 1 is 1.12 bits per heavy atom. The molecule has 2 aromatic rings. The molecule has 0 radical (unpaired) electrons. The monoisotopic (exact) mass is 225 g/mol. The Kier molecular flexibility index (Phi) is 2.38. The van der Waals surface area contributed by atoms with Gasteiger partial charge in [-0.1, -0.05) is 12.1 Å². The first-order valence-corrected chi connectivity index (χ1v) is 4.44. The van der Waals surface area contributed by atoms with Crippen molar-refractivity contribution in [1.29, 1.82) is 0 Å². The number of halogens is 3. The van der Waals surface area contributed by atoms with Gasteiger partial charge in [0.1, 0.15) is 5.69 Å². The second-order valence-electron chi connectivity index (χ2n) is 3.26. The van der Waals surface area contributed by atoms with Crippen LogP contribution in [0, 0.1) is 0 Å². The third-order valence-electron chi connectivity index (χ3n) is 2.16. The van der Waals surface area contributed by atoms with Crippen molar-refractivity contribution in [3.05, 3.63) is 41.6 Å². The highest BCUT2D eigenvalue weighted by Crippen LogP contribution is 2.30. The SMILES string of the molecule is O=Cc1ccc2ccc(C(F)(F)F)cc2n1. The van der Waals surface area contributed by atoms with Gasteiger partial charge in [-0.2, -0.15) is 13.2 Å². The maximum Gasteiger partial charge on any atom is 0.416 e. The highest BCUT2D eigenvalue weighted by atomic mass is 19.4. The van der Waals surface area contributed by atoms with Gasteiger partial charge >= 0.3 is 6.18 Å². The summed E-state index contributed by atoms with van der Waals surface area (Å²) >= 11 is 0. The van der Waals surface area contributed by atoms with Crippen LogP contribution >= 0.6 is 0 Å². The van der Waals surface area contributed by atoms with E-state index >= 15 is 0 Å². The lowest BCUT2D eigenvalue weighted by Crippen LogP contribution is -2.04. The molecule has 0 saturated heterocycles. The van der Waals surface area contributed by atoms with E-state index in [1.165, 1.54) is 12.1 Å². The lowest BCUT2D eigenvalue weighted by Gasteiger charge is -2.07. The van der Waals surface area contributed by atoms with Gasteiger partial charge < -0.3 is 0 Å². The van der Waals surface area contributed by atoms with Crippen molar-refractivity contribution in [3.63, 3.8) is 0 Å². The first kappa shape index (κ1) is 10.6. The van der Waals surface area contributed by atoms with Crippen LogP contribution in [0.3, 0.4) is 0 Å². The fraction of sp³-hybridized carbons (Fsp3) is 0.0909. The van der Waals surface area contributed by atoms with Crippen LogP contribution in [0.5, 0.6) is 0 Å². The standard InChI is InChI=1S/C11H6F3NO/c12-11(13,14)8-3-1-7-2-4-9(6-16)15-10(7)5-8/h1-6H. The molecule has 0 aliphatic heterocycles. The van der Waals surface area contributed by atoms with Gasteiger partial charge in [0.15, 0.2) is 6.29 Å². The molecule has 2 rings (SSSR count). The summed E-state index contributed by atoms with van der Waals surface area (Å²) in [4.78, 5) is 14.2. The number of carbonyl (C=O) groups excluding carboxylic acids is 1. The molecule has 0 spiro atoms. The summed E-state index contributed by atoms with van der Waals surface area (Å²) in [6.45, 7) is 0. The minimum absolute atomic E-state index is 0.117. The fourth-order valence-corrected chi connectivity index (χ4v) is 1.37. The van der Waals surface area contributed by atoms with Crippen LogP contribution in [-0.2, 0) is 6.18 Å².